The third-order valence-electron chi connectivity index (χ3n) is 3.97. The number of amides is 1. The van der Waals surface area contributed by atoms with Crippen molar-refractivity contribution in [2.24, 2.45) is 0 Å². The van der Waals surface area contributed by atoms with Crippen LogP contribution in [0.1, 0.15) is 16.8 Å². The lowest BCUT2D eigenvalue weighted by Crippen LogP contribution is -2.17. The standard InChI is InChI=1S/C18H18N2O4S/c21-18(20-13-1-2-15-16(10-13)23-7-6-22-15)12-3-5-19-17(9-12)24-14-4-8-25-11-14/h1-3,5,9-10,14H,4,6-8,11H2,(H,20,21). The smallest absolute Gasteiger partial charge is 0.255 e. The first-order valence-electron chi connectivity index (χ1n) is 8.19. The average Bonchev–Trinajstić information content (AvgIpc) is 3.15. The Bertz CT molecular complexity index is 777. The number of aromatic nitrogens is 1. The van der Waals surface area contributed by atoms with Crippen LogP contribution in [-0.4, -0.2) is 41.7 Å². The molecular formula is C18H18N2O4S. The number of nitrogens with one attached hydrogen (secondary N) is 1. The van der Waals surface area contributed by atoms with Gasteiger partial charge in [-0.15, -0.1) is 0 Å². The van der Waals surface area contributed by atoms with Gasteiger partial charge in [-0.2, -0.15) is 11.8 Å². The van der Waals surface area contributed by atoms with Crippen LogP contribution in [0.4, 0.5) is 5.69 Å². The van der Waals surface area contributed by atoms with E-state index in [2.05, 4.69) is 10.3 Å². The molecule has 0 saturated carbocycles. The predicted octanol–water partition coefficient (Wildman–Crippen LogP) is 2.99. The number of benzene rings is 1. The summed E-state index contributed by atoms with van der Waals surface area (Å²) in [6.07, 6.45) is 2.78. The molecule has 0 radical (unpaired) electrons. The van der Waals surface area contributed by atoms with Crippen LogP contribution in [0, 0.1) is 0 Å². The minimum absolute atomic E-state index is 0.175. The van der Waals surface area contributed by atoms with Gasteiger partial charge in [0.05, 0.1) is 0 Å². The maximum atomic E-state index is 12.5. The molecule has 1 aromatic heterocycles. The third kappa shape index (κ3) is 3.82. The third-order valence-corrected chi connectivity index (χ3v) is 5.10. The zero-order chi connectivity index (χ0) is 17.1. The summed E-state index contributed by atoms with van der Waals surface area (Å²) >= 11 is 1.87. The highest BCUT2D eigenvalue weighted by Gasteiger charge is 2.18. The number of hydrogen-bond acceptors (Lipinski definition) is 6. The Morgan fingerprint density at radius 2 is 2.08 bits per heavy atom. The number of thioether (sulfide) groups is 1. The lowest BCUT2D eigenvalue weighted by Gasteiger charge is -2.19. The van der Waals surface area contributed by atoms with Crippen molar-refractivity contribution < 1.29 is 19.0 Å². The minimum atomic E-state index is -0.218. The largest absolute Gasteiger partial charge is 0.486 e. The van der Waals surface area contributed by atoms with E-state index in [0.717, 1.165) is 17.9 Å². The zero-order valence-electron chi connectivity index (χ0n) is 13.6. The SMILES string of the molecule is O=C(Nc1ccc2c(c1)OCCO2)c1ccnc(OC2CCSC2)c1. The number of fused-ring (bicyclic) bond motifs is 1. The van der Waals surface area contributed by atoms with Crippen LogP contribution in [0.3, 0.4) is 0 Å². The van der Waals surface area contributed by atoms with Gasteiger partial charge in [0.25, 0.3) is 5.91 Å². The van der Waals surface area contributed by atoms with Crippen LogP contribution in [0.25, 0.3) is 0 Å². The average molecular weight is 358 g/mol. The molecule has 1 N–H and O–H groups in total. The van der Waals surface area contributed by atoms with Crippen LogP contribution < -0.4 is 19.5 Å². The number of nitrogens with zero attached hydrogens (tertiary/aromatic N) is 1. The van der Waals surface area contributed by atoms with Crippen LogP contribution in [0.15, 0.2) is 36.5 Å². The van der Waals surface area contributed by atoms with Gasteiger partial charge in [0, 0.05) is 35.3 Å². The van der Waals surface area contributed by atoms with Crippen LogP contribution in [-0.2, 0) is 0 Å². The molecule has 1 aromatic carbocycles. The summed E-state index contributed by atoms with van der Waals surface area (Å²) in [5.41, 5.74) is 1.16. The Morgan fingerprint density at radius 1 is 1.20 bits per heavy atom. The summed E-state index contributed by atoms with van der Waals surface area (Å²) in [4.78, 5) is 16.7. The van der Waals surface area contributed by atoms with Crippen molar-refractivity contribution in [3.8, 4) is 17.4 Å². The summed E-state index contributed by atoms with van der Waals surface area (Å²) in [5, 5.41) is 2.87. The van der Waals surface area contributed by atoms with E-state index in [-0.39, 0.29) is 12.0 Å². The van der Waals surface area contributed by atoms with Gasteiger partial charge in [-0.1, -0.05) is 0 Å². The van der Waals surface area contributed by atoms with Crippen molar-refractivity contribution >= 4 is 23.4 Å². The molecular weight excluding hydrogens is 340 g/mol. The van der Waals surface area contributed by atoms with E-state index in [1.54, 1.807) is 36.5 Å². The Balaban J connectivity index is 1.45. The first-order valence-corrected chi connectivity index (χ1v) is 9.35. The van der Waals surface area contributed by atoms with E-state index in [0.29, 0.717) is 41.8 Å². The van der Waals surface area contributed by atoms with Gasteiger partial charge in [0.15, 0.2) is 11.5 Å². The molecule has 1 fully saturated rings. The molecule has 4 rings (SSSR count). The van der Waals surface area contributed by atoms with Crippen molar-refractivity contribution in [2.75, 3.05) is 30.0 Å². The molecule has 25 heavy (non-hydrogen) atoms. The maximum absolute atomic E-state index is 12.5. The van der Waals surface area contributed by atoms with Gasteiger partial charge in [-0.3, -0.25) is 4.79 Å². The molecule has 2 aliphatic rings. The second-order valence-corrected chi connectivity index (χ2v) is 6.95. The van der Waals surface area contributed by atoms with E-state index in [9.17, 15) is 4.79 Å². The van der Waals surface area contributed by atoms with E-state index in [1.165, 1.54) is 0 Å². The molecule has 1 unspecified atom stereocenters. The second kappa shape index (κ2) is 7.23. The molecule has 1 atom stereocenters. The molecule has 2 aromatic rings. The van der Waals surface area contributed by atoms with E-state index in [1.807, 2.05) is 11.8 Å². The van der Waals surface area contributed by atoms with E-state index < -0.39 is 0 Å². The van der Waals surface area contributed by atoms with Crippen molar-refractivity contribution in [3.05, 3.63) is 42.1 Å². The van der Waals surface area contributed by atoms with Crippen molar-refractivity contribution in [2.45, 2.75) is 12.5 Å². The Hall–Kier alpha value is -2.41. The number of carbonyl (C=O) groups is 1. The number of hydrogen-bond donors (Lipinski definition) is 1. The molecule has 0 spiro atoms. The Labute approximate surface area is 149 Å². The minimum Gasteiger partial charge on any atom is -0.486 e. The van der Waals surface area contributed by atoms with Crippen molar-refractivity contribution in [1.82, 2.24) is 4.98 Å². The highest BCUT2D eigenvalue weighted by Crippen LogP contribution is 2.32. The summed E-state index contributed by atoms with van der Waals surface area (Å²) in [7, 11) is 0. The van der Waals surface area contributed by atoms with E-state index >= 15 is 0 Å². The lowest BCUT2D eigenvalue weighted by molar-refractivity contribution is 0.102. The monoisotopic (exact) mass is 358 g/mol. The highest BCUT2D eigenvalue weighted by molar-refractivity contribution is 7.99. The summed E-state index contributed by atoms with van der Waals surface area (Å²) in [6, 6.07) is 8.70. The lowest BCUT2D eigenvalue weighted by atomic mass is 10.2. The highest BCUT2D eigenvalue weighted by atomic mass is 32.2. The zero-order valence-corrected chi connectivity index (χ0v) is 14.4. The van der Waals surface area contributed by atoms with Crippen LogP contribution >= 0.6 is 11.8 Å². The van der Waals surface area contributed by atoms with Crippen LogP contribution in [0.5, 0.6) is 17.4 Å². The molecule has 3 heterocycles. The fourth-order valence-electron chi connectivity index (χ4n) is 2.72. The Kier molecular flexibility index (Phi) is 4.65. The molecule has 0 aliphatic carbocycles. The number of carbonyl (C=O) groups excluding carboxylic acids is 1. The number of rotatable bonds is 4. The normalized spacial score (nSPS) is 18.6. The fraction of sp³-hybridized carbons (Fsp3) is 0.333. The molecule has 7 heteroatoms. The molecule has 6 nitrogen and oxygen atoms in total. The summed E-state index contributed by atoms with van der Waals surface area (Å²) < 4.78 is 16.9. The number of ether oxygens (including phenoxy) is 3. The summed E-state index contributed by atoms with van der Waals surface area (Å²) in [5.74, 6) is 3.68. The van der Waals surface area contributed by atoms with Gasteiger partial charge in [-0.25, -0.2) is 4.98 Å². The quantitative estimate of drug-likeness (QED) is 0.906. The maximum Gasteiger partial charge on any atom is 0.255 e. The van der Waals surface area contributed by atoms with Gasteiger partial charge in [0.2, 0.25) is 5.88 Å². The predicted molar refractivity (Wildman–Crippen MR) is 96.0 cm³/mol. The topological polar surface area (TPSA) is 69.7 Å². The van der Waals surface area contributed by atoms with Gasteiger partial charge < -0.3 is 19.5 Å². The molecule has 2 aliphatic heterocycles. The molecule has 0 bridgehead atoms. The van der Waals surface area contributed by atoms with Gasteiger partial charge >= 0.3 is 0 Å². The fourth-order valence-corrected chi connectivity index (χ4v) is 3.81. The van der Waals surface area contributed by atoms with Crippen molar-refractivity contribution in [1.29, 1.82) is 0 Å². The van der Waals surface area contributed by atoms with Crippen molar-refractivity contribution in [3.63, 3.8) is 0 Å². The van der Waals surface area contributed by atoms with Gasteiger partial charge in [0.1, 0.15) is 19.3 Å². The Morgan fingerprint density at radius 3 is 2.92 bits per heavy atom. The van der Waals surface area contributed by atoms with Gasteiger partial charge in [-0.05, 0) is 30.4 Å². The first-order chi connectivity index (χ1) is 12.3. The first kappa shape index (κ1) is 16.1. The molecule has 1 saturated heterocycles. The number of anilines is 1. The molecule has 130 valence electrons. The number of pyridine rings is 1. The van der Waals surface area contributed by atoms with Crippen LogP contribution in [0.2, 0.25) is 0 Å². The second-order valence-electron chi connectivity index (χ2n) is 5.80. The molecule has 1 amide bonds. The summed E-state index contributed by atoms with van der Waals surface area (Å²) in [6.45, 7) is 1.05. The van der Waals surface area contributed by atoms with E-state index in [4.69, 9.17) is 14.2 Å².